The summed E-state index contributed by atoms with van der Waals surface area (Å²) in [4.78, 5) is 0. The average molecular weight is 132 g/mol. The molecule has 0 aliphatic heterocycles. The minimum absolute atomic E-state index is 1.34. The summed E-state index contributed by atoms with van der Waals surface area (Å²) < 4.78 is 0. The molecule has 1 fully saturated rings. The standard InChI is InChI=1S/C10H12/c1-8-5-6-10(7-8)9-3-2-4-9/h5-7H,2-4H2,1H3. The summed E-state index contributed by atoms with van der Waals surface area (Å²) in [6.45, 7) is 2.16. The summed E-state index contributed by atoms with van der Waals surface area (Å²) in [6.07, 6.45) is 10.8. The van der Waals surface area contributed by atoms with Crippen molar-refractivity contribution in [2.75, 3.05) is 0 Å². The van der Waals surface area contributed by atoms with E-state index in [-0.39, 0.29) is 0 Å². The molecular weight excluding hydrogens is 120 g/mol. The second-order valence-corrected chi connectivity index (χ2v) is 3.13. The van der Waals surface area contributed by atoms with Gasteiger partial charge in [-0.05, 0) is 31.8 Å². The second-order valence-electron chi connectivity index (χ2n) is 3.13. The van der Waals surface area contributed by atoms with Crippen molar-refractivity contribution >= 4 is 0 Å². The Morgan fingerprint density at radius 1 is 1.20 bits per heavy atom. The van der Waals surface area contributed by atoms with E-state index in [1.807, 2.05) is 0 Å². The number of hydrogen-bond donors (Lipinski definition) is 0. The first-order valence-electron chi connectivity index (χ1n) is 3.95. The fourth-order valence-electron chi connectivity index (χ4n) is 1.42. The minimum atomic E-state index is 1.34. The van der Waals surface area contributed by atoms with Gasteiger partial charge in [0.25, 0.3) is 0 Å². The minimum Gasteiger partial charge on any atom is -0.0629 e. The molecule has 0 radical (unpaired) electrons. The van der Waals surface area contributed by atoms with Crippen LogP contribution < -0.4 is 0 Å². The van der Waals surface area contributed by atoms with Gasteiger partial charge in [-0.3, -0.25) is 0 Å². The highest BCUT2D eigenvalue weighted by Gasteiger charge is 2.12. The molecule has 0 heteroatoms. The number of allylic oxidation sites excluding steroid dienone is 6. The van der Waals surface area contributed by atoms with Crippen molar-refractivity contribution < 1.29 is 0 Å². The van der Waals surface area contributed by atoms with Crippen molar-refractivity contribution in [1.29, 1.82) is 0 Å². The summed E-state index contributed by atoms with van der Waals surface area (Å²) in [6, 6.07) is 0. The summed E-state index contributed by atoms with van der Waals surface area (Å²) in [5, 5.41) is 0. The Kier molecular flexibility index (Phi) is 1.26. The van der Waals surface area contributed by atoms with Crippen molar-refractivity contribution in [3.05, 3.63) is 34.9 Å². The third kappa shape index (κ3) is 0.841. The van der Waals surface area contributed by atoms with E-state index in [9.17, 15) is 0 Å². The lowest BCUT2D eigenvalue weighted by Crippen LogP contribution is -1.98. The van der Waals surface area contributed by atoms with Crippen LogP contribution in [0.5, 0.6) is 0 Å². The molecule has 0 heterocycles. The van der Waals surface area contributed by atoms with Crippen LogP contribution in [-0.4, -0.2) is 0 Å². The van der Waals surface area contributed by atoms with E-state index < -0.39 is 0 Å². The highest BCUT2D eigenvalue weighted by atomic mass is 14.2. The van der Waals surface area contributed by atoms with Gasteiger partial charge in [0.15, 0.2) is 0 Å². The van der Waals surface area contributed by atoms with Gasteiger partial charge in [0.1, 0.15) is 0 Å². The molecule has 0 aromatic carbocycles. The van der Waals surface area contributed by atoms with Crippen molar-refractivity contribution in [2.24, 2.45) is 0 Å². The molecule has 0 nitrogen and oxygen atoms in total. The first-order valence-corrected chi connectivity index (χ1v) is 3.95. The molecule has 2 aliphatic rings. The topological polar surface area (TPSA) is 0 Å². The van der Waals surface area contributed by atoms with E-state index in [4.69, 9.17) is 0 Å². The summed E-state index contributed by atoms with van der Waals surface area (Å²) in [7, 11) is 0. The van der Waals surface area contributed by atoms with Crippen molar-refractivity contribution in [1.82, 2.24) is 0 Å². The lowest BCUT2D eigenvalue weighted by molar-refractivity contribution is 0.658. The molecule has 0 unspecified atom stereocenters. The molecule has 0 aromatic heterocycles. The molecule has 0 amide bonds. The highest BCUT2D eigenvalue weighted by Crippen LogP contribution is 2.32. The van der Waals surface area contributed by atoms with Crippen molar-refractivity contribution in [2.45, 2.75) is 26.2 Å². The van der Waals surface area contributed by atoms with Crippen LogP contribution in [0.2, 0.25) is 0 Å². The number of rotatable bonds is 0. The molecule has 2 aliphatic carbocycles. The summed E-state index contributed by atoms with van der Waals surface area (Å²) in [5.41, 5.74) is 4.55. The van der Waals surface area contributed by atoms with Crippen molar-refractivity contribution in [3.8, 4) is 0 Å². The predicted molar refractivity (Wildman–Crippen MR) is 43.8 cm³/mol. The molecule has 0 N–H and O–H groups in total. The van der Waals surface area contributed by atoms with Gasteiger partial charge in [-0.2, -0.15) is 0 Å². The molecule has 0 bridgehead atoms. The smallest absolute Gasteiger partial charge is 0.0262 e. The maximum Gasteiger partial charge on any atom is -0.0262 e. The van der Waals surface area contributed by atoms with Crippen molar-refractivity contribution in [3.63, 3.8) is 0 Å². The maximum atomic E-state index is 2.29. The van der Waals surface area contributed by atoms with Crippen LogP contribution >= 0.6 is 0 Å². The quantitative estimate of drug-likeness (QED) is 0.475. The molecule has 1 saturated carbocycles. The van der Waals surface area contributed by atoms with Crippen LogP contribution in [0.3, 0.4) is 0 Å². The van der Waals surface area contributed by atoms with Gasteiger partial charge in [0, 0.05) is 0 Å². The Balaban J connectivity index is 2.28. The van der Waals surface area contributed by atoms with Crippen LogP contribution in [0, 0.1) is 0 Å². The van der Waals surface area contributed by atoms with Crippen LogP contribution in [-0.2, 0) is 0 Å². The Labute approximate surface area is 61.9 Å². The Morgan fingerprint density at radius 2 is 2.00 bits per heavy atom. The Morgan fingerprint density at radius 3 is 2.40 bits per heavy atom. The molecular formula is C10H12. The highest BCUT2D eigenvalue weighted by molar-refractivity contribution is 5.48. The molecule has 0 saturated heterocycles. The molecule has 52 valence electrons. The maximum absolute atomic E-state index is 2.29. The zero-order valence-corrected chi connectivity index (χ0v) is 6.35. The van der Waals surface area contributed by atoms with Gasteiger partial charge < -0.3 is 0 Å². The molecule has 0 spiro atoms. The average Bonchev–Trinajstić information content (AvgIpc) is 2.10. The third-order valence-corrected chi connectivity index (χ3v) is 2.27. The van der Waals surface area contributed by atoms with Gasteiger partial charge in [0.2, 0.25) is 0 Å². The van der Waals surface area contributed by atoms with Crippen LogP contribution in [0.25, 0.3) is 0 Å². The normalized spacial score (nSPS) is 23.1. The van der Waals surface area contributed by atoms with E-state index >= 15 is 0 Å². The molecule has 0 aromatic rings. The molecule has 10 heavy (non-hydrogen) atoms. The number of hydrogen-bond acceptors (Lipinski definition) is 0. The SMILES string of the molecule is CC1=CC(=C2CCC2)C=C1. The second kappa shape index (κ2) is 2.12. The van der Waals surface area contributed by atoms with E-state index in [0.29, 0.717) is 0 Å². The summed E-state index contributed by atoms with van der Waals surface area (Å²) in [5.74, 6) is 0. The molecule has 0 atom stereocenters. The molecule has 2 rings (SSSR count). The summed E-state index contributed by atoms with van der Waals surface area (Å²) >= 11 is 0. The van der Waals surface area contributed by atoms with Crippen LogP contribution in [0.1, 0.15) is 26.2 Å². The van der Waals surface area contributed by atoms with E-state index in [1.54, 1.807) is 5.57 Å². The first kappa shape index (κ1) is 5.96. The van der Waals surface area contributed by atoms with Gasteiger partial charge >= 0.3 is 0 Å². The fourth-order valence-corrected chi connectivity index (χ4v) is 1.42. The van der Waals surface area contributed by atoms with Crippen LogP contribution in [0.4, 0.5) is 0 Å². The van der Waals surface area contributed by atoms with Crippen LogP contribution in [0.15, 0.2) is 34.9 Å². The fraction of sp³-hybridized carbons (Fsp3) is 0.400. The zero-order chi connectivity index (χ0) is 6.97. The lowest BCUT2D eigenvalue weighted by atomic mass is 9.88. The van der Waals surface area contributed by atoms with Gasteiger partial charge in [0.05, 0.1) is 0 Å². The monoisotopic (exact) mass is 132 g/mol. The third-order valence-electron chi connectivity index (χ3n) is 2.27. The van der Waals surface area contributed by atoms with Gasteiger partial charge in [-0.1, -0.05) is 29.4 Å². The Hall–Kier alpha value is -0.780. The van der Waals surface area contributed by atoms with E-state index in [1.165, 1.54) is 30.4 Å². The zero-order valence-electron chi connectivity index (χ0n) is 6.35. The first-order chi connectivity index (χ1) is 4.86. The van der Waals surface area contributed by atoms with Gasteiger partial charge in [-0.25, -0.2) is 0 Å². The Bertz CT molecular complexity index is 233. The lowest BCUT2D eigenvalue weighted by Gasteiger charge is -2.17. The van der Waals surface area contributed by atoms with E-state index in [0.717, 1.165) is 0 Å². The predicted octanol–water partition coefficient (Wildman–Crippen LogP) is 2.98. The van der Waals surface area contributed by atoms with E-state index in [2.05, 4.69) is 25.2 Å². The van der Waals surface area contributed by atoms with Gasteiger partial charge in [-0.15, -0.1) is 0 Å². The largest absolute Gasteiger partial charge is 0.0629 e.